The van der Waals surface area contributed by atoms with Gasteiger partial charge in [0.05, 0.1) is 18.9 Å². The van der Waals surface area contributed by atoms with Crippen LogP contribution in [0.1, 0.15) is 50.3 Å². The van der Waals surface area contributed by atoms with Crippen molar-refractivity contribution in [2.24, 2.45) is 5.73 Å². The second kappa shape index (κ2) is 11.8. The van der Waals surface area contributed by atoms with Crippen molar-refractivity contribution in [3.8, 4) is 5.75 Å². The molecule has 10 heteroatoms. The summed E-state index contributed by atoms with van der Waals surface area (Å²) in [5, 5.41) is 10.6. The minimum absolute atomic E-state index is 0.0821. The van der Waals surface area contributed by atoms with Gasteiger partial charge in [-0.05, 0) is 54.7 Å². The van der Waals surface area contributed by atoms with E-state index in [9.17, 15) is 9.59 Å². The van der Waals surface area contributed by atoms with Crippen LogP contribution < -0.4 is 26.9 Å². The number of anilines is 1. The highest BCUT2D eigenvalue weighted by atomic mass is 28.4. The molecule has 3 aromatic rings. The van der Waals surface area contributed by atoms with Crippen molar-refractivity contribution in [1.29, 1.82) is 5.41 Å². The van der Waals surface area contributed by atoms with Crippen LogP contribution in [0.5, 0.6) is 5.75 Å². The van der Waals surface area contributed by atoms with E-state index in [1.807, 2.05) is 55.5 Å². The van der Waals surface area contributed by atoms with Gasteiger partial charge in [0.1, 0.15) is 5.75 Å². The molecule has 38 heavy (non-hydrogen) atoms. The highest BCUT2D eigenvalue weighted by Crippen LogP contribution is 2.37. The zero-order valence-corrected chi connectivity index (χ0v) is 24.3. The summed E-state index contributed by atoms with van der Waals surface area (Å²) in [6.45, 7) is 13.8. The minimum atomic E-state index is -1.97. The van der Waals surface area contributed by atoms with Crippen LogP contribution in [-0.2, 0) is 13.1 Å². The molecule has 0 atom stereocenters. The third kappa shape index (κ3) is 7.44. The first kappa shape index (κ1) is 28.9. The molecule has 0 spiro atoms. The monoisotopic (exact) mass is 536 g/mol. The van der Waals surface area contributed by atoms with E-state index in [-0.39, 0.29) is 29.9 Å². The van der Waals surface area contributed by atoms with Crippen molar-refractivity contribution in [1.82, 2.24) is 14.1 Å². The average molecular weight is 537 g/mol. The van der Waals surface area contributed by atoms with Gasteiger partial charge >= 0.3 is 11.4 Å². The molecular weight excluding hydrogens is 496 g/mol. The van der Waals surface area contributed by atoms with Crippen molar-refractivity contribution in [3.05, 3.63) is 86.2 Å². The maximum absolute atomic E-state index is 13.6. The van der Waals surface area contributed by atoms with Gasteiger partial charge in [-0.1, -0.05) is 62.7 Å². The molecule has 0 amide bonds. The lowest BCUT2D eigenvalue weighted by atomic mass is 10.1. The fourth-order valence-electron chi connectivity index (χ4n) is 3.59. The van der Waals surface area contributed by atoms with Gasteiger partial charge in [-0.25, -0.2) is 14.2 Å². The molecule has 204 valence electrons. The number of aromatic nitrogens is 3. The molecule has 1 aromatic heterocycles. The average Bonchev–Trinajstić information content (AvgIpc) is 2.83. The Morgan fingerprint density at radius 3 is 2.11 bits per heavy atom. The Morgan fingerprint density at radius 2 is 1.55 bits per heavy atom. The van der Waals surface area contributed by atoms with Crippen LogP contribution in [0.15, 0.2) is 58.1 Å². The summed E-state index contributed by atoms with van der Waals surface area (Å²) in [6.07, 6.45) is 0.995. The molecule has 0 unspecified atom stereocenters. The van der Waals surface area contributed by atoms with Crippen molar-refractivity contribution in [2.75, 3.05) is 11.9 Å². The Kier molecular flexibility index (Phi) is 8.98. The summed E-state index contributed by atoms with van der Waals surface area (Å²) in [6, 6.07) is 15.4. The maximum Gasteiger partial charge on any atom is 0.355 e. The molecule has 3 rings (SSSR count). The number of hydrogen-bond donors (Lipinski definition) is 3. The lowest BCUT2D eigenvalue weighted by molar-refractivity contribution is 0.492. The zero-order chi connectivity index (χ0) is 28.1. The molecule has 0 bridgehead atoms. The Labute approximate surface area is 225 Å². The number of hydrogen-bond acceptors (Lipinski definition) is 6. The molecule has 0 aliphatic carbocycles. The molecule has 0 saturated heterocycles. The first-order valence-electron chi connectivity index (χ1n) is 12.9. The number of benzene rings is 2. The fourth-order valence-corrected chi connectivity index (χ4v) is 4.62. The van der Waals surface area contributed by atoms with Gasteiger partial charge in [-0.2, -0.15) is 4.98 Å². The van der Waals surface area contributed by atoms with Crippen LogP contribution in [0.3, 0.4) is 0 Å². The molecule has 0 aliphatic rings. The zero-order valence-electron chi connectivity index (χ0n) is 23.3. The fraction of sp³-hybridized carbons (Fsp3) is 0.429. The SMILES string of the molecule is Cc1ccc(Cn2c(=O)nc(NCCCC(=N)N)n(Cc3ccc(O[Si](C)(C)C(C)(C)C)cc3)c2=O)cc1. The molecule has 0 saturated carbocycles. The normalized spacial score (nSPS) is 11.8. The van der Waals surface area contributed by atoms with E-state index in [4.69, 9.17) is 15.6 Å². The van der Waals surface area contributed by atoms with E-state index < -0.39 is 19.7 Å². The topological polar surface area (TPSA) is 128 Å². The molecule has 0 radical (unpaired) electrons. The van der Waals surface area contributed by atoms with Gasteiger partial charge in [0.15, 0.2) is 0 Å². The third-order valence-electron chi connectivity index (χ3n) is 6.96. The van der Waals surface area contributed by atoms with E-state index in [2.05, 4.69) is 44.2 Å². The second-order valence-corrected chi connectivity index (χ2v) is 15.9. The van der Waals surface area contributed by atoms with Gasteiger partial charge in [0, 0.05) is 13.0 Å². The van der Waals surface area contributed by atoms with E-state index >= 15 is 0 Å². The summed E-state index contributed by atoms with van der Waals surface area (Å²) in [4.78, 5) is 30.6. The standard InChI is InChI=1S/C28H40N6O3Si/c1-20-9-11-21(12-10-20)19-34-26(35)32-25(31-17-7-8-24(29)30)33(27(34)36)18-22-13-15-23(16-14-22)37-38(5,6)28(2,3)4/h9-16H,7-8,17-19H2,1-6H3,(H3,29,30)(H,31,32,35). The Hall–Kier alpha value is -3.66. The predicted octanol–water partition coefficient (Wildman–Crippen LogP) is 4.32. The Morgan fingerprint density at radius 1 is 1.00 bits per heavy atom. The minimum Gasteiger partial charge on any atom is -0.544 e. The van der Waals surface area contributed by atoms with Gasteiger partial charge in [-0.15, -0.1) is 0 Å². The van der Waals surface area contributed by atoms with Crippen LogP contribution in [0.4, 0.5) is 5.95 Å². The molecule has 0 aliphatic heterocycles. The van der Waals surface area contributed by atoms with Crippen molar-refractivity contribution < 1.29 is 4.43 Å². The van der Waals surface area contributed by atoms with Crippen molar-refractivity contribution >= 4 is 20.1 Å². The van der Waals surface area contributed by atoms with Crippen molar-refractivity contribution in [3.63, 3.8) is 0 Å². The largest absolute Gasteiger partial charge is 0.544 e. The van der Waals surface area contributed by atoms with Gasteiger partial charge in [-0.3, -0.25) is 9.98 Å². The van der Waals surface area contributed by atoms with E-state index in [1.54, 1.807) is 0 Å². The van der Waals surface area contributed by atoms with Crippen LogP contribution >= 0.6 is 0 Å². The van der Waals surface area contributed by atoms with Crippen LogP contribution in [-0.4, -0.2) is 34.8 Å². The number of nitrogens with two attached hydrogens (primary N) is 1. The van der Waals surface area contributed by atoms with Crippen molar-refractivity contribution in [2.45, 2.75) is 71.8 Å². The molecule has 0 fully saturated rings. The smallest absolute Gasteiger partial charge is 0.355 e. The molecule has 2 aromatic carbocycles. The van der Waals surface area contributed by atoms with E-state index in [0.29, 0.717) is 19.4 Å². The number of amidine groups is 1. The van der Waals surface area contributed by atoms with Gasteiger partial charge in [0.2, 0.25) is 14.3 Å². The summed E-state index contributed by atoms with van der Waals surface area (Å²) in [5.41, 5.74) is 7.22. The maximum atomic E-state index is 13.6. The summed E-state index contributed by atoms with van der Waals surface area (Å²) in [7, 11) is -1.97. The van der Waals surface area contributed by atoms with E-state index in [1.165, 1.54) is 4.57 Å². The Balaban J connectivity index is 1.92. The number of nitrogens with zero attached hydrogens (tertiary/aromatic N) is 3. The highest BCUT2D eigenvalue weighted by molar-refractivity contribution is 6.74. The molecule has 1 heterocycles. The first-order valence-corrected chi connectivity index (χ1v) is 15.8. The third-order valence-corrected chi connectivity index (χ3v) is 11.3. The van der Waals surface area contributed by atoms with Gasteiger partial charge in [0.25, 0.3) is 0 Å². The lowest BCUT2D eigenvalue weighted by Gasteiger charge is -2.36. The first-order chi connectivity index (χ1) is 17.8. The molecular formula is C28H40N6O3Si. The second-order valence-electron chi connectivity index (χ2n) is 11.2. The number of aryl methyl sites for hydroxylation is 1. The van der Waals surface area contributed by atoms with E-state index in [0.717, 1.165) is 27.0 Å². The number of rotatable bonds is 11. The molecule has 4 N–H and O–H groups in total. The van der Waals surface area contributed by atoms with Crippen LogP contribution in [0, 0.1) is 12.3 Å². The van der Waals surface area contributed by atoms with Crippen LogP contribution in [0.2, 0.25) is 18.1 Å². The summed E-state index contributed by atoms with van der Waals surface area (Å²) in [5.74, 6) is 1.09. The summed E-state index contributed by atoms with van der Waals surface area (Å²) < 4.78 is 9.02. The highest BCUT2D eigenvalue weighted by Gasteiger charge is 2.38. The molecule has 9 nitrogen and oxygen atoms in total. The number of nitrogens with one attached hydrogen (secondary N) is 2. The van der Waals surface area contributed by atoms with Gasteiger partial charge < -0.3 is 15.5 Å². The Bertz CT molecular complexity index is 1370. The summed E-state index contributed by atoms with van der Waals surface area (Å²) >= 11 is 0. The lowest BCUT2D eigenvalue weighted by Crippen LogP contribution is -2.43. The van der Waals surface area contributed by atoms with Crippen LogP contribution in [0.25, 0.3) is 0 Å². The predicted molar refractivity (Wildman–Crippen MR) is 156 cm³/mol. The quantitative estimate of drug-likeness (QED) is 0.145.